The van der Waals surface area contributed by atoms with Crippen molar-refractivity contribution in [1.82, 2.24) is 9.97 Å². The maximum absolute atomic E-state index is 13.2. The molecule has 0 aliphatic carbocycles. The van der Waals surface area contributed by atoms with Gasteiger partial charge >= 0.3 is 0 Å². The summed E-state index contributed by atoms with van der Waals surface area (Å²) in [6, 6.07) is 6.62. The first-order valence-corrected chi connectivity index (χ1v) is 5.88. The summed E-state index contributed by atoms with van der Waals surface area (Å²) in [5.41, 5.74) is 7.95. The molecule has 1 aromatic heterocycles. The molecule has 0 unspecified atom stereocenters. The molecule has 0 saturated carbocycles. The number of rotatable bonds is 2. The molecule has 0 atom stereocenters. The van der Waals surface area contributed by atoms with Crippen LogP contribution in [0.1, 0.15) is 31.2 Å². The standard InChI is InChI=1S/C14H16FN3/c1-8(2)14-17-12(7-13(16)18-14)10-4-5-11(15)9(3)6-10/h4-8H,1-3H3,(H2,16,17,18). The smallest absolute Gasteiger partial charge is 0.133 e. The molecule has 0 spiro atoms. The monoisotopic (exact) mass is 245 g/mol. The van der Waals surface area contributed by atoms with Crippen molar-refractivity contribution in [2.45, 2.75) is 26.7 Å². The SMILES string of the molecule is Cc1cc(-c2cc(N)nc(C(C)C)n2)ccc1F. The summed E-state index contributed by atoms with van der Waals surface area (Å²) in [6.45, 7) is 5.75. The zero-order chi connectivity index (χ0) is 13.3. The summed E-state index contributed by atoms with van der Waals surface area (Å²) in [6.07, 6.45) is 0. The fourth-order valence-electron chi connectivity index (χ4n) is 1.70. The minimum absolute atomic E-state index is 0.203. The van der Waals surface area contributed by atoms with Crippen LogP contribution in [0.15, 0.2) is 24.3 Å². The lowest BCUT2D eigenvalue weighted by atomic mass is 10.1. The molecule has 94 valence electrons. The summed E-state index contributed by atoms with van der Waals surface area (Å²) in [5.74, 6) is 1.12. The molecule has 1 aromatic carbocycles. The topological polar surface area (TPSA) is 51.8 Å². The van der Waals surface area contributed by atoms with E-state index in [9.17, 15) is 4.39 Å². The van der Waals surface area contributed by atoms with Crippen molar-refractivity contribution >= 4 is 5.82 Å². The molecule has 0 radical (unpaired) electrons. The van der Waals surface area contributed by atoms with Crippen molar-refractivity contribution in [2.75, 3.05) is 5.73 Å². The molecule has 0 saturated heterocycles. The molecule has 0 aliphatic rings. The second-order valence-electron chi connectivity index (χ2n) is 4.65. The number of benzene rings is 1. The Labute approximate surface area is 106 Å². The normalized spacial score (nSPS) is 10.9. The third-order valence-electron chi connectivity index (χ3n) is 2.73. The first-order valence-electron chi connectivity index (χ1n) is 5.88. The average Bonchev–Trinajstić information content (AvgIpc) is 2.31. The number of nitrogen functional groups attached to an aromatic ring is 1. The summed E-state index contributed by atoms with van der Waals surface area (Å²) in [5, 5.41) is 0. The molecule has 4 heteroatoms. The number of aromatic nitrogens is 2. The van der Waals surface area contributed by atoms with E-state index in [0.29, 0.717) is 17.2 Å². The Kier molecular flexibility index (Phi) is 3.28. The largest absolute Gasteiger partial charge is 0.384 e. The maximum Gasteiger partial charge on any atom is 0.133 e. The Morgan fingerprint density at radius 2 is 1.89 bits per heavy atom. The van der Waals surface area contributed by atoms with Crippen LogP contribution in [0.25, 0.3) is 11.3 Å². The fraction of sp³-hybridized carbons (Fsp3) is 0.286. The van der Waals surface area contributed by atoms with Gasteiger partial charge in [0.1, 0.15) is 17.5 Å². The van der Waals surface area contributed by atoms with Gasteiger partial charge in [-0.1, -0.05) is 13.8 Å². The van der Waals surface area contributed by atoms with Gasteiger partial charge in [-0.2, -0.15) is 0 Å². The number of aryl methyl sites for hydroxylation is 1. The lowest BCUT2D eigenvalue weighted by Crippen LogP contribution is -2.03. The number of halogens is 1. The first kappa shape index (κ1) is 12.5. The van der Waals surface area contributed by atoms with Crippen molar-refractivity contribution in [1.29, 1.82) is 0 Å². The molecule has 2 aromatic rings. The minimum Gasteiger partial charge on any atom is -0.384 e. The summed E-state index contributed by atoms with van der Waals surface area (Å²) in [4.78, 5) is 8.65. The van der Waals surface area contributed by atoms with Crippen LogP contribution < -0.4 is 5.73 Å². The Morgan fingerprint density at radius 3 is 2.50 bits per heavy atom. The molecule has 0 fully saturated rings. The Morgan fingerprint density at radius 1 is 1.17 bits per heavy atom. The molecule has 3 nitrogen and oxygen atoms in total. The van der Waals surface area contributed by atoms with Gasteiger partial charge in [-0.05, 0) is 30.7 Å². The van der Waals surface area contributed by atoms with Crippen LogP contribution in [0.3, 0.4) is 0 Å². The van der Waals surface area contributed by atoms with E-state index in [1.165, 1.54) is 6.07 Å². The second-order valence-corrected chi connectivity index (χ2v) is 4.65. The van der Waals surface area contributed by atoms with Crippen LogP contribution in [0.4, 0.5) is 10.2 Å². The zero-order valence-corrected chi connectivity index (χ0v) is 10.7. The fourth-order valence-corrected chi connectivity index (χ4v) is 1.70. The van der Waals surface area contributed by atoms with Gasteiger partial charge in [-0.15, -0.1) is 0 Å². The molecule has 2 N–H and O–H groups in total. The van der Waals surface area contributed by atoms with Gasteiger partial charge in [-0.25, -0.2) is 14.4 Å². The second kappa shape index (κ2) is 4.72. The lowest BCUT2D eigenvalue weighted by Gasteiger charge is -2.09. The van der Waals surface area contributed by atoms with Crippen molar-refractivity contribution in [2.24, 2.45) is 0 Å². The van der Waals surface area contributed by atoms with Crippen LogP contribution in [-0.2, 0) is 0 Å². The highest BCUT2D eigenvalue weighted by Gasteiger charge is 2.09. The molecular weight excluding hydrogens is 229 g/mol. The zero-order valence-electron chi connectivity index (χ0n) is 10.7. The Hall–Kier alpha value is -1.97. The van der Waals surface area contributed by atoms with Gasteiger partial charge in [0, 0.05) is 17.5 Å². The van der Waals surface area contributed by atoms with Crippen molar-refractivity contribution in [3.05, 3.63) is 41.5 Å². The maximum atomic E-state index is 13.2. The summed E-state index contributed by atoms with van der Waals surface area (Å²) >= 11 is 0. The van der Waals surface area contributed by atoms with Crippen LogP contribution in [-0.4, -0.2) is 9.97 Å². The molecule has 1 heterocycles. The quantitative estimate of drug-likeness (QED) is 0.883. The van der Waals surface area contributed by atoms with Crippen LogP contribution in [0.2, 0.25) is 0 Å². The van der Waals surface area contributed by atoms with Crippen LogP contribution in [0, 0.1) is 12.7 Å². The summed E-state index contributed by atoms with van der Waals surface area (Å²) in [7, 11) is 0. The Balaban J connectivity index is 2.53. The molecule has 2 rings (SSSR count). The van der Waals surface area contributed by atoms with E-state index < -0.39 is 0 Å². The van der Waals surface area contributed by atoms with E-state index in [1.54, 1.807) is 25.1 Å². The number of hydrogen-bond acceptors (Lipinski definition) is 3. The van der Waals surface area contributed by atoms with E-state index in [1.807, 2.05) is 13.8 Å². The van der Waals surface area contributed by atoms with Crippen molar-refractivity contribution in [3.8, 4) is 11.3 Å². The molecule has 18 heavy (non-hydrogen) atoms. The van der Waals surface area contributed by atoms with Gasteiger partial charge in [0.2, 0.25) is 0 Å². The van der Waals surface area contributed by atoms with Gasteiger partial charge in [0.25, 0.3) is 0 Å². The minimum atomic E-state index is -0.218. The van der Waals surface area contributed by atoms with Gasteiger partial charge < -0.3 is 5.73 Å². The summed E-state index contributed by atoms with van der Waals surface area (Å²) < 4.78 is 13.2. The van der Waals surface area contributed by atoms with E-state index in [-0.39, 0.29) is 11.7 Å². The molecule has 0 aliphatic heterocycles. The average molecular weight is 245 g/mol. The number of nitrogens with zero attached hydrogens (tertiary/aromatic N) is 2. The van der Waals surface area contributed by atoms with Crippen LogP contribution >= 0.6 is 0 Å². The molecular formula is C14H16FN3. The highest BCUT2D eigenvalue weighted by molar-refractivity contribution is 5.62. The highest BCUT2D eigenvalue weighted by Crippen LogP contribution is 2.23. The van der Waals surface area contributed by atoms with E-state index in [4.69, 9.17) is 5.73 Å². The number of nitrogens with two attached hydrogens (primary N) is 1. The van der Waals surface area contributed by atoms with Gasteiger partial charge in [-0.3, -0.25) is 0 Å². The van der Waals surface area contributed by atoms with Gasteiger partial charge in [0.05, 0.1) is 5.69 Å². The highest BCUT2D eigenvalue weighted by atomic mass is 19.1. The van der Waals surface area contributed by atoms with Gasteiger partial charge in [0.15, 0.2) is 0 Å². The van der Waals surface area contributed by atoms with E-state index in [0.717, 1.165) is 11.3 Å². The number of hydrogen-bond donors (Lipinski definition) is 1. The van der Waals surface area contributed by atoms with E-state index in [2.05, 4.69) is 9.97 Å². The van der Waals surface area contributed by atoms with Crippen molar-refractivity contribution < 1.29 is 4.39 Å². The Bertz CT molecular complexity index is 579. The molecule has 0 amide bonds. The first-order chi connectivity index (χ1) is 8.47. The van der Waals surface area contributed by atoms with Crippen LogP contribution in [0.5, 0.6) is 0 Å². The third kappa shape index (κ3) is 2.47. The molecule has 0 bridgehead atoms. The van der Waals surface area contributed by atoms with E-state index >= 15 is 0 Å². The predicted molar refractivity (Wildman–Crippen MR) is 70.7 cm³/mol. The lowest BCUT2D eigenvalue weighted by molar-refractivity contribution is 0.618. The third-order valence-corrected chi connectivity index (χ3v) is 2.73. The number of anilines is 1. The predicted octanol–water partition coefficient (Wildman–Crippen LogP) is 3.30. The van der Waals surface area contributed by atoms with Crippen molar-refractivity contribution in [3.63, 3.8) is 0 Å².